The maximum Gasteiger partial charge on any atom is 0.132 e. The van der Waals surface area contributed by atoms with Crippen molar-refractivity contribution < 1.29 is 0 Å². The van der Waals surface area contributed by atoms with Crippen molar-refractivity contribution in [2.24, 2.45) is 5.92 Å². The van der Waals surface area contributed by atoms with Gasteiger partial charge in [-0.15, -0.1) is 0 Å². The molecule has 0 atom stereocenters. The number of hydrogen-bond acceptors (Lipinski definition) is 4. The fourth-order valence-electron chi connectivity index (χ4n) is 3.13. The molecule has 1 N–H and O–H groups in total. The Bertz CT molecular complexity index is 424. The highest BCUT2D eigenvalue weighted by atomic mass is 15.1. The summed E-state index contributed by atoms with van der Waals surface area (Å²) in [6.07, 6.45) is 7.89. The fraction of sp³-hybridized carbons (Fsp3) is 0.733. The van der Waals surface area contributed by atoms with E-state index < -0.39 is 0 Å². The number of rotatable bonds is 4. The van der Waals surface area contributed by atoms with Gasteiger partial charge in [0.1, 0.15) is 12.1 Å². The molecule has 1 aromatic heterocycles. The van der Waals surface area contributed by atoms with Crippen LogP contribution in [0.3, 0.4) is 0 Å². The lowest BCUT2D eigenvalue weighted by molar-refractivity contribution is 0.199. The molecule has 0 bridgehead atoms. The standard InChI is InChI=1S/C15H24N4/c1-12-5-8-19(9-6-12)10-7-16-15-13-3-2-4-14(13)17-11-18-15/h11-12H,2-10H2,1H3,(H,16,17,18). The van der Waals surface area contributed by atoms with Crippen LogP contribution in [0, 0.1) is 5.92 Å². The minimum absolute atomic E-state index is 0.911. The van der Waals surface area contributed by atoms with Crippen LogP contribution < -0.4 is 5.32 Å². The monoisotopic (exact) mass is 260 g/mol. The SMILES string of the molecule is CC1CCN(CCNc2ncnc3c2CCC3)CC1. The fourth-order valence-corrected chi connectivity index (χ4v) is 3.13. The minimum Gasteiger partial charge on any atom is -0.368 e. The zero-order chi connectivity index (χ0) is 13.1. The van der Waals surface area contributed by atoms with Crippen molar-refractivity contribution in [3.63, 3.8) is 0 Å². The van der Waals surface area contributed by atoms with Crippen molar-refractivity contribution in [2.75, 3.05) is 31.5 Å². The van der Waals surface area contributed by atoms with Gasteiger partial charge in [0.15, 0.2) is 0 Å². The lowest BCUT2D eigenvalue weighted by Gasteiger charge is -2.30. The van der Waals surface area contributed by atoms with E-state index in [0.717, 1.165) is 37.7 Å². The molecule has 4 nitrogen and oxygen atoms in total. The molecule has 0 spiro atoms. The number of fused-ring (bicyclic) bond motifs is 1. The Kier molecular flexibility index (Phi) is 3.97. The van der Waals surface area contributed by atoms with Crippen LogP contribution in [0.15, 0.2) is 6.33 Å². The van der Waals surface area contributed by atoms with Gasteiger partial charge in [-0.25, -0.2) is 9.97 Å². The van der Waals surface area contributed by atoms with E-state index in [1.807, 2.05) is 0 Å². The van der Waals surface area contributed by atoms with E-state index in [2.05, 4.69) is 27.1 Å². The van der Waals surface area contributed by atoms with E-state index in [1.54, 1.807) is 6.33 Å². The maximum absolute atomic E-state index is 4.40. The van der Waals surface area contributed by atoms with Gasteiger partial charge in [0.2, 0.25) is 0 Å². The summed E-state index contributed by atoms with van der Waals surface area (Å²) in [6, 6.07) is 0. The number of anilines is 1. The van der Waals surface area contributed by atoms with Crippen molar-refractivity contribution in [3.8, 4) is 0 Å². The number of piperidine rings is 1. The molecule has 0 unspecified atom stereocenters. The van der Waals surface area contributed by atoms with Crippen LogP contribution >= 0.6 is 0 Å². The van der Waals surface area contributed by atoms with Gasteiger partial charge >= 0.3 is 0 Å². The molecule has 1 aliphatic heterocycles. The number of nitrogens with zero attached hydrogens (tertiary/aromatic N) is 3. The molecule has 0 amide bonds. The Morgan fingerprint density at radius 2 is 2.11 bits per heavy atom. The highest BCUT2D eigenvalue weighted by Crippen LogP contribution is 2.24. The van der Waals surface area contributed by atoms with Crippen LogP contribution in [0.2, 0.25) is 0 Å². The van der Waals surface area contributed by atoms with Gasteiger partial charge in [0, 0.05) is 24.3 Å². The van der Waals surface area contributed by atoms with Crippen LogP contribution in [0.1, 0.15) is 37.4 Å². The van der Waals surface area contributed by atoms with Crippen LogP contribution in [-0.2, 0) is 12.8 Å². The Labute approximate surface area is 115 Å². The Morgan fingerprint density at radius 1 is 1.26 bits per heavy atom. The molecular formula is C15H24N4. The van der Waals surface area contributed by atoms with E-state index in [9.17, 15) is 0 Å². The van der Waals surface area contributed by atoms with Crippen LogP contribution in [0.5, 0.6) is 0 Å². The predicted molar refractivity (Wildman–Crippen MR) is 77.4 cm³/mol. The van der Waals surface area contributed by atoms with Gasteiger partial charge in [-0.05, 0) is 51.1 Å². The molecule has 1 saturated heterocycles. The van der Waals surface area contributed by atoms with Crippen molar-refractivity contribution in [1.29, 1.82) is 0 Å². The third-order valence-corrected chi connectivity index (χ3v) is 4.47. The summed E-state index contributed by atoms with van der Waals surface area (Å²) in [5.41, 5.74) is 2.61. The van der Waals surface area contributed by atoms with Gasteiger partial charge in [0.25, 0.3) is 0 Å². The highest BCUT2D eigenvalue weighted by molar-refractivity contribution is 5.47. The minimum atomic E-state index is 0.911. The number of aryl methyl sites for hydroxylation is 1. The molecule has 3 rings (SSSR count). The first-order valence-corrected chi connectivity index (χ1v) is 7.62. The van der Waals surface area contributed by atoms with E-state index in [4.69, 9.17) is 0 Å². The highest BCUT2D eigenvalue weighted by Gasteiger charge is 2.18. The molecule has 4 heteroatoms. The van der Waals surface area contributed by atoms with Gasteiger partial charge in [-0.1, -0.05) is 6.92 Å². The van der Waals surface area contributed by atoms with Crippen molar-refractivity contribution >= 4 is 5.82 Å². The molecule has 19 heavy (non-hydrogen) atoms. The molecule has 2 heterocycles. The summed E-state index contributed by atoms with van der Waals surface area (Å²) in [5, 5.41) is 3.51. The van der Waals surface area contributed by atoms with E-state index >= 15 is 0 Å². The smallest absolute Gasteiger partial charge is 0.132 e. The number of nitrogens with one attached hydrogen (secondary N) is 1. The lowest BCUT2D eigenvalue weighted by Crippen LogP contribution is -2.36. The van der Waals surface area contributed by atoms with Gasteiger partial charge < -0.3 is 10.2 Å². The number of likely N-dealkylation sites (tertiary alicyclic amines) is 1. The van der Waals surface area contributed by atoms with E-state index in [0.29, 0.717) is 0 Å². The van der Waals surface area contributed by atoms with E-state index in [-0.39, 0.29) is 0 Å². The Balaban J connectivity index is 1.49. The van der Waals surface area contributed by atoms with Crippen molar-refractivity contribution in [3.05, 3.63) is 17.6 Å². The maximum atomic E-state index is 4.40. The zero-order valence-electron chi connectivity index (χ0n) is 11.9. The quantitative estimate of drug-likeness (QED) is 0.900. The topological polar surface area (TPSA) is 41.0 Å². The molecule has 1 fully saturated rings. The summed E-state index contributed by atoms with van der Waals surface area (Å²) in [4.78, 5) is 11.3. The third kappa shape index (κ3) is 3.06. The summed E-state index contributed by atoms with van der Waals surface area (Å²) >= 11 is 0. The largest absolute Gasteiger partial charge is 0.368 e. The van der Waals surface area contributed by atoms with Crippen LogP contribution in [0.25, 0.3) is 0 Å². The van der Waals surface area contributed by atoms with Gasteiger partial charge in [-0.2, -0.15) is 0 Å². The average Bonchev–Trinajstić information content (AvgIpc) is 2.90. The zero-order valence-corrected chi connectivity index (χ0v) is 11.9. The van der Waals surface area contributed by atoms with Crippen LogP contribution in [0.4, 0.5) is 5.82 Å². The second-order valence-corrected chi connectivity index (χ2v) is 5.95. The van der Waals surface area contributed by atoms with Crippen molar-refractivity contribution in [1.82, 2.24) is 14.9 Å². The Hall–Kier alpha value is -1.16. The predicted octanol–water partition coefficient (Wildman–Crippen LogP) is 2.11. The molecule has 0 saturated carbocycles. The molecular weight excluding hydrogens is 236 g/mol. The molecule has 0 aromatic carbocycles. The average molecular weight is 260 g/mol. The summed E-state index contributed by atoms with van der Waals surface area (Å²) in [5.74, 6) is 1.99. The molecule has 104 valence electrons. The first-order chi connectivity index (χ1) is 9.33. The number of hydrogen-bond donors (Lipinski definition) is 1. The first-order valence-electron chi connectivity index (χ1n) is 7.62. The summed E-state index contributed by atoms with van der Waals surface area (Å²) < 4.78 is 0. The molecule has 2 aliphatic rings. The molecule has 0 radical (unpaired) electrons. The van der Waals surface area contributed by atoms with E-state index in [1.165, 1.54) is 43.6 Å². The van der Waals surface area contributed by atoms with Crippen molar-refractivity contribution in [2.45, 2.75) is 39.0 Å². The Morgan fingerprint density at radius 3 is 2.95 bits per heavy atom. The summed E-state index contributed by atoms with van der Waals surface area (Å²) in [6.45, 7) is 7.00. The summed E-state index contributed by atoms with van der Waals surface area (Å²) in [7, 11) is 0. The normalized spacial score (nSPS) is 20.5. The second kappa shape index (κ2) is 5.87. The molecule has 1 aromatic rings. The third-order valence-electron chi connectivity index (χ3n) is 4.47. The first kappa shape index (κ1) is 12.9. The molecule has 1 aliphatic carbocycles. The van der Waals surface area contributed by atoms with Crippen LogP contribution in [-0.4, -0.2) is 41.0 Å². The lowest BCUT2D eigenvalue weighted by atomic mass is 9.99. The second-order valence-electron chi connectivity index (χ2n) is 5.95. The van der Waals surface area contributed by atoms with Gasteiger partial charge in [0.05, 0.1) is 0 Å². The number of aromatic nitrogens is 2. The van der Waals surface area contributed by atoms with Gasteiger partial charge in [-0.3, -0.25) is 0 Å².